The van der Waals surface area contributed by atoms with Crippen molar-refractivity contribution in [2.45, 2.75) is 53.5 Å². The minimum atomic E-state index is -0.353. The summed E-state index contributed by atoms with van der Waals surface area (Å²) in [6.07, 6.45) is 2.94. The molecule has 3 aromatic rings. The highest BCUT2D eigenvalue weighted by molar-refractivity contribution is 5.82. The van der Waals surface area contributed by atoms with E-state index >= 15 is 0 Å². The number of nitro benzene ring substituents is 1. The number of imidazole rings is 1. The summed E-state index contributed by atoms with van der Waals surface area (Å²) in [7, 11) is 0. The third kappa shape index (κ3) is 4.16. The molecule has 1 aromatic carbocycles. The minimum absolute atomic E-state index is 0.0549. The summed E-state index contributed by atoms with van der Waals surface area (Å²) in [5.74, 6) is 0.780. The van der Waals surface area contributed by atoms with Crippen molar-refractivity contribution in [2.75, 3.05) is 5.32 Å². The van der Waals surface area contributed by atoms with E-state index in [1.165, 1.54) is 6.07 Å². The number of para-hydroxylation sites is 1. The van der Waals surface area contributed by atoms with Gasteiger partial charge >= 0.3 is 0 Å². The number of nitro groups is 1. The average Bonchev–Trinajstić information content (AvgIpc) is 2.89. The average molecular weight is 380 g/mol. The molecule has 0 saturated carbocycles. The van der Waals surface area contributed by atoms with Crippen molar-refractivity contribution < 1.29 is 4.92 Å². The number of pyridine rings is 1. The van der Waals surface area contributed by atoms with Crippen LogP contribution in [-0.2, 0) is 0 Å². The van der Waals surface area contributed by atoms with Gasteiger partial charge in [-0.25, -0.2) is 4.98 Å². The molecule has 0 radical (unpaired) electrons. The van der Waals surface area contributed by atoms with Gasteiger partial charge < -0.3 is 5.32 Å². The van der Waals surface area contributed by atoms with Crippen molar-refractivity contribution in [1.82, 2.24) is 9.38 Å². The molecule has 0 unspecified atom stereocenters. The summed E-state index contributed by atoms with van der Waals surface area (Å²) in [4.78, 5) is 16.0. The molecule has 3 rings (SSSR count). The first-order valence-corrected chi connectivity index (χ1v) is 9.48. The van der Waals surface area contributed by atoms with E-state index in [0.717, 1.165) is 23.4 Å². The van der Waals surface area contributed by atoms with Crippen LogP contribution >= 0.6 is 0 Å². The van der Waals surface area contributed by atoms with Crippen LogP contribution in [-0.4, -0.2) is 19.8 Å². The normalized spacial score (nSPS) is 12.4. The molecule has 6 heteroatoms. The Morgan fingerprint density at radius 3 is 2.43 bits per heavy atom. The van der Waals surface area contributed by atoms with Crippen LogP contribution in [0.5, 0.6) is 0 Å². The van der Waals surface area contributed by atoms with E-state index in [-0.39, 0.29) is 21.6 Å². The van der Waals surface area contributed by atoms with Crippen molar-refractivity contribution in [3.63, 3.8) is 0 Å². The standard InChI is InChI=1S/C22H28N4O2/c1-15-11-12-18-23-19(16-9-7-8-10-17(16)26(27)28)20(25(18)13-15)24-22(5,6)14-21(2,3)4/h7-13,24H,14H2,1-6H3. The Balaban J connectivity index is 2.22. The molecule has 0 aliphatic rings. The van der Waals surface area contributed by atoms with Crippen molar-refractivity contribution in [1.29, 1.82) is 0 Å². The van der Waals surface area contributed by atoms with Crippen LogP contribution in [0.15, 0.2) is 42.6 Å². The third-order valence-electron chi connectivity index (χ3n) is 4.55. The molecule has 0 bridgehead atoms. The van der Waals surface area contributed by atoms with Gasteiger partial charge in [0.15, 0.2) is 0 Å². The Morgan fingerprint density at radius 2 is 1.79 bits per heavy atom. The number of aryl methyl sites for hydroxylation is 1. The molecule has 0 fully saturated rings. The number of aromatic nitrogens is 2. The van der Waals surface area contributed by atoms with Gasteiger partial charge in [0.05, 0.1) is 10.5 Å². The summed E-state index contributed by atoms with van der Waals surface area (Å²) in [6, 6.07) is 10.7. The van der Waals surface area contributed by atoms with Gasteiger partial charge in [0.1, 0.15) is 17.2 Å². The molecule has 0 aliphatic carbocycles. The van der Waals surface area contributed by atoms with Gasteiger partial charge in [-0.3, -0.25) is 14.5 Å². The number of hydrogen-bond acceptors (Lipinski definition) is 4. The predicted molar refractivity (Wildman–Crippen MR) is 114 cm³/mol. The smallest absolute Gasteiger partial charge is 0.278 e. The molecule has 0 atom stereocenters. The Labute approximate surface area is 165 Å². The molecule has 28 heavy (non-hydrogen) atoms. The fourth-order valence-electron chi connectivity index (χ4n) is 3.98. The Bertz CT molecular complexity index is 1030. The zero-order valence-electron chi connectivity index (χ0n) is 17.4. The van der Waals surface area contributed by atoms with Crippen molar-refractivity contribution >= 4 is 17.2 Å². The molecular weight excluding hydrogens is 352 g/mol. The van der Waals surface area contributed by atoms with Crippen molar-refractivity contribution in [3.05, 3.63) is 58.3 Å². The van der Waals surface area contributed by atoms with Gasteiger partial charge in [0.2, 0.25) is 0 Å². The summed E-state index contributed by atoms with van der Waals surface area (Å²) in [6.45, 7) is 12.9. The lowest BCUT2D eigenvalue weighted by Gasteiger charge is -2.34. The number of hydrogen-bond donors (Lipinski definition) is 1. The van der Waals surface area contributed by atoms with Crippen LogP contribution in [0.4, 0.5) is 11.5 Å². The van der Waals surface area contributed by atoms with Crippen LogP contribution < -0.4 is 5.32 Å². The lowest BCUT2D eigenvalue weighted by Crippen LogP contribution is -2.36. The molecule has 0 aliphatic heterocycles. The van der Waals surface area contributed by atoms with Gasteiger partial charge in [0.25, 0.3) is 5.69 Å². The molecule has 2 heterocycles. The summed E-state index contributed by atoms with van der Waals surface area (Å²) >= 11 is 0. The Morgan fingerprint density at radius 1 is 1.11 bits per heavy atom. The first-order valence-electron chi connectivity index (χ1n) is 9.48. The van der Waals surface area contributed by atoms with Crippen LogP contribution in [0, 0.1) is 22.5 Å². The molecule has 6 nitrogen and oxygen atoms in total. The summed E-state index contributed by atoms with van der Waals surface area (Å²) in [5, 5.41) is 15.2. The Kier molecular flexibility index (Phi) is 4.91. The Hall–Kier alpha value is -2.89. The van der Waals surface area contributed by atoms with Gasteiger partial charge in [-0.05, 0) is 50.3 Å². The maximum atomic E-state index is 11.6. The number of anilines is 1. The van der Waals surface area contributed by atoms with E-state index in [1.54, 1.807) is 12.1 Å². The highest BCUT2D eigenvalue weighted by Crippen LogP contribution is 2.38. The van der Waals surface area contributed by atoms with Gasteiger partial charge in [-0.2, -0.15) is 0 Å². The second kappa shape index (κ2) is 6.93. The maximum Gasteiger partial charge on any atom is 0.278 e. The SMILES string of the molecule is Cc1ccc2nc(-c3ccccc3[N+](=O)[O-])c(NC(C)(C)CC(C)(C)C)n2c1. The third-order valence-corrected chi connectivity index (χ3v) is 4.55. The quantitative estimate of drug-likeness (QED) is 0.445. The largest absolute Gasteiger partial charge is 0.364 e. The first-order chi connectivity index (χ1) is 13.0. The lowest BCUT2D eigenvalue weighted by atomic mass is 9.82. The molecule has 0 saturated heterocycles. The van der Waals surface area contributed by atoms with Crippen LogP contribution in [0.3, 0.4) is 0 Å². The highest BCUT2D eigenvalue weighted by atomic mass is 16.6. The molecule has 0 amide bonds. The zero-order valence-corrected chi connectivity index (χ0v) is 17.4. The second-order valence-electron chi connectivity index (χ2n) is 9.26. The number of nitrogens with one attached hydrogen (secondary N) is 1. The molecule has 2 aromatic heterocycles. The van der Waals surface area contributed by atoms with Crippen LogP contribution in [0.25, 0.3) is 16.9 Å². The number of nitrogens with zero attached hydrogens (tertiary/aromatic N) is 3. The summed E-state index contributed by atoms with van der Waals surface area (Å²) in [5.41, 5.74) is 2.92. The van der Waals surface area contributed by atoms with Crippen LogP contribution in [0.2, 0.25) is 0 Å². The minimum Gasteiger partial charge on any atom is -0.364 e. The molecule has 1 N–H and O–H groups in total. The van der Waals surface area contributed by atoms with E-state index < -0.39 is 0 Å². The topological polar surface area (TPSA) is 72.5 Å². The molecule has 148 valence electrons. The molecule has 0 spiro atoms. The predicted octanol–water partition coefficient (Wildman–Crippen LogP) is 5.84. The number of rotatable bonds is 5. The number of fused-ring (bicyclic) bond motifs is 1. The van der Waals surface area contributed by atoms with E-state index in [0.29, 0.717) is 11.3 Å². The van der Waals surface area contributed by atoms with Crippen molar-refractivity contribution in [2.24, 2.45) is 5.41 Å². The van der Waals surface area contributed by atoms with E-state index in [1.807, 2.05) is 35.7 Å². The molecular formula is C22H28N4O2. The fourth-order valence-corrected chi connectivity index (χ4v) is 3.98. The highest BCUT2D eigenvalue weighted by Gasteiger charge is 2.29. The maximum absolute atomic E-state index is 11.6. The first kappa shape index (κ1) is 19.9. The van der Waals surface area contributed by atoms with E-state index in [9.17, 15) is 10.1 Å². The second-order valence-corrected chi connectivity index (χ2v) is 9.26. The fraction of sp³-hybridized carbons (Fsp3) is 0.409. The van der Waals surface area contributed by atoms with Crippen molar-refractivity contribution in [3.8, 4) is 11.3 Å². The lowest BCUT2D eigenvalue weighted by molar-refractivity contribution is -0.384. The van der Waals surface area contributed by atoms with Gasteiger partial charge in [-0.15, -0.1) is 0 Å². The monoisotopic (exact) mass is 380 g/mol. The van der Waals surface area contributed by atoms with E-state index in [2.05, 4.69) is 39.9 Å². The van der Waals surface area contributed by atoms with Gasteiger partial charge in [-0.1, -0.05) is 39.0 Å². The zero-order chi connectivity index (χ0) is 20.7. The van der Waals surface area contributed by atoms with Gasteiger partial charge in [0, 0.05) is 17.8 Å². The summed E-state index contributed by atoms with van der Waals surface area (Å²) < 4.78 is 1.99. The van der Waals surface area contributed by atoms with E-state index in [4.69, 9.17) is 4.98 Å². The number of benzene rings is 1. The van der Waals surface area contributed by atoms with Crippen LogP contribution in [0.1, 0.15) is 46.6 Å².